The first kappa shape index (κ1) is 96.1. The van der Waals surface area contributed by atoms with Crippen LogP contribution in [0.1, 0.15) is 402 Å². The molecular weight excluding hydrogens is 1280 g/mol. The molecular formula is C79H154O17P2. The molecule has 0 aromatic rings. The quantitative estimate of drug-likeness (QED) is 0.0222. The minimum atomic E-state index is -4.96. The number of hydrogen-bond donors (Lipinski definition) is 3. The summed E-state index contributed by atoms with van der Waals surface area (Å²) in [6, 6.07) is 0. The summed E-state index contributed by atoms with van der Waals surface area (Å²) >= 11 is 0. The predicted octanol–water partition coefficient (Wildman–Crippen LogP) is 23.2. The van der Waals surface area contributed by atoms with Crippen molar-refractivity contribution in [2.24, 2.45) is 23.7 Å². The largest absolute Gasteiger partial charge is 0.472 e. The zero-order chi connectivity index (χ0) is 72.4. The van der Waals surface area contributed by atoms with Crippen LogP contribution in [0.15, 0.2) is 0 Å². The number of rotatable bonds is 76. The highest BCUT2D eigenvalue weighted by Crippen LogP contribution is 2.45. The van der Waals surface area contributed by atoms with Crippen LogP contribution in [0.3, 0.4) is 0 Å². The molecule has 19 heteroatoms. The Morgan fingerprint density at radius 1 is 0.286 bits per heavy atom. The number of phosphoric ester groups is 2. The van der Waals surface area contributed by atoms with Gasteiger partial charge >= 0.3 is 39.5 Å². The molecule has 4 unspecified atom stereocenters. The summed E-state index contributed by atoms with van der Waals surface area (Å²) in [4.78, 5) is 72.8. The molecule has 17 nitrogen and oxygen atoms in total. The Morgan fingerprint density at radius 3 is 0.724 bits per heavy atom. The van der Waals surface area contributed by atoms with E-state index >= 15 is 0 Å². The van der Waals surface area contributed by atoms with E-state index in [0.717, 1.165) is 114 Å². The summed E-state index contributed by atoms with van der Waals surface area (Å²) in [5, 5.41) is 10.6. The van der Waals surface area contributed by atoms with Gasteiger partial charge in [-0.3, -0.25) is 37.3 Å². The predicted molar refractivity (Wildman–Crippen MR) is 400 cm³/mol. The molecule has 0 aliphatic carbocycles. The number of ether oxygens (including phenoxy) is 4. The van der Waals surface area contributed by atoms with E-state index in [-0.39, 0.29) is 25.7 Å². The summed E-state index contributed by atoms with van der Waals surface area (Å²) in [6.07, 6.45) is 54.4. The molecule has 7 atom stereocenters. The molecule has 0 rings (SSSR count). The van der Waals surface area contributed by atoms with Crippen LogP contribution >= 0.6 is 15.6 Å². The van der Waals surface area contributed by atoms with Crippen molar-refractivity contribution in [2.75, 3.05) is 39.6 Å². The standard InChI is InChI=1S/C79H154O17P2/c1-9-71(7)57-49-41-32-28-24-20-17-18-21-25-29-33-43-51-59-76(81)89-65-74(95-78(83)61-53-45-34-30-26-22-16-14-12-11-13-15-19-23-27-31-39-47-55-69(3)4)67-93-97(85,86)91-63-73(80)64-92-98(87,88)94-68-75(96-79(84)62-54-46-37-35-40-48-56-70(5)6)66-90-77(82)60-52-44-38-36-42-50-58-72(8)10-2/h69-75,80H,9-68H2,1-8H3,(H,85,86)(H,87,88)/t71?,72?,73-,74-,75-/m1/s1. The van der Waals surface area contributed by atoms with Gasteiger partial charge < -0.3 is 33.8 Å². The van der Waals surface area contributed by atoms with Gasteiger partial charge in [-0.25, -0.2) is 9.13 Å². The van der Waals surface area contributed by atoms with Gasteiger partial charge in [0.25, 0.3) is 0 Å². The van der Waals surface area contributed by atoms with Crippen molar-refractivity contribution in [3.63, 3.8) is 0 Å². The maximum absolute atomic E-state index is 13.1. The molecule has 0 aromatic carbocycles. The molecule has 0 radical (unpaired) electrons. The smallest absolute Gasteiger partial charge is 0.462 e. The minimum Gasteiger partial charge on any atom is -0.462 e. The van der Waals surface area contributed by atoms with Gasteiger partial charge in [0.15, 0.2) is 12.2 Å². The maximum Gasteiger partial charge on any atom is 0.472 e. The molecule has 0 saturated carbocycles. The zero-order valence-electron chi connectivity index (χ0n) is 64.4. The van der Waals surface area contributed by atoms with Gasteiger partial charge in [0.05, 0.1) is 26.4 Å². The molecule has 0 saturated heterocycles. The van der Waals surface area contributed by atoms with E-state index in [1.807, 2.05) is 0 Å². The van der Waals surface area contributed by atoms with Crippen LogP contribution in [0.4, 0.5) is 0 Å². The van der Waals surface area contributed by atoms with Crippen molar-refractivity contribution in [3.05, 3.63) is 0 Å². The van der Waals surface area contributed by atoms with E-state index in [1.54, 1.807) is 0 Å². The number of aliphatic hydroxyl groups is 1. The topological polar surface area (TPSA) is 237 Å². The summed E-state index contributed by atoms with van der Waals surface area (Å²) in [5.74, 6) is 0.947. The fraction of sp³-hybridized carbons (Fsp3) is 0.949. The van der Waals surface area contributed by atoms with Crippen LogP contribution < -0.4 is 0 Å². The van der Waals surface area contributed by atoms with E-state index in [2.05, 4.69) is 55.4 Å². The SMILES string of the molecule is CCC(C)CCCCCCCCCCCCCCCCC(=O)OC[C@H](COP(=O)(O)OC[C@@H](O)COP(=O)(O)OC[C@@H](COC(=O)CCCCCCCCC(C)CC)OC(=O)CCCCCCCCC(C)C)OC(=O)CCCCCCCCCCCCCCCCCCCCC(C)C. The molecule has 0 spiro atoms. The van der Waals surface area contributed by atoms with Crippen molar-refractivity contribution in [2.45, 2.75) is 420 Å². The molecule has 0 amide bonds. The van der Waals surface area contributed by atoms with Crippen LogP contribution in [0, 0.1) is 23.7 Å². The van der Waals surface area contributed by atoms with Crippen molar-refractivity contribution in [3.8, 4) is 0 Å². The Bertz CT molecular complexity index is 1920. The van der Waals surface area contributed by atoms with Gasteiger partial charge in [-0.2, -0.15) is 0 Å². The van der Waals surface area contributed by atoms with Gasteiger partial charge in [-0.05, 0) is 49.4 Å². The molecule has 0 bridgehead atoms. The number of carbonyl (C=O) groups is 4. The number of phosphoric acid groups is 2. The van der Waals surface area contributed by atoms with Crippen molar-refractivity contribution >= 4 is 39.5 Å². The fourth-order valence-electron chi connectivity index (χ4n) is 12.0. The van der Waals surface area contributed by atoms with E-state index < -0.39 is 97.5 Å². The Kier molecular flexibility index (Phi) is 66.8. The average Bonchev–Trinajstić information content (AvgIpc) is 1.05. The number of carbonyl (C=O) groups excluding carboxylic acids is 4. The van der Waals surface area contributed by atoms with E-state index in [1.165, 1.54) is 199 Å². The third kappa shape index (κ3) is 69.8. The molecule has 0 heterocycles. The Morgan fingerprint density at radius 2 is 0.490 bits per heavy atom. The van der Waals surface area contributed by atoms with Crippen molar-refractivity contribution < 1.29 is 80.2 Å². The molecule has 98 heavy (non-hydrogen) atoms. The highest BCUT2D eigenvalue weighted by molar-refractivity contribution is 7.47. The lowest BCUT2D eigenvalue weighted by atomic mass is 9.99. The first-order valence-electron chi connectivity index (χ1n) is 40.8. The Hall–Kier alpha value is -1.94. The number of aliphatic hydroxyl groups excluding tert-OH is 1. The van der Waals surface area contributed by atoms with Crippen LogP contribution in [0.2, 0.25) is 0 Å². The van der Waals surface area contributed by atoms with Crippen molar-refractivity contribution in [1.82, 2.24) is 0 Å². The van der Waals surface area contributed by atoms with Crippen molar-refractivity contribution in [1.29, 1.82) is 0 Å². The number of esters is 4. The molecule has 0 aromatic heterocycles. The summed E-state index contributed by atoms with van der Waals surface area (Å²) in [7, 11) is -9.91. The lowest BCUT2D eigenvalue weighted by Gasteiger charge is -2.21. The molecule has 0 aliphatic heterocycles. The normalized spacial score (nSPS) is 14.6. The third-order valence-electron chi connectivity index (χ3n) is 19.0. The highest BCUT2D eigenvalue weighted by atomic mass is 31.2. The van der Waals surface area contributed by atoms with E-state index in [4.69, 9.17) is 37.0 Å². The van der Waals surface area contributed by atoms with Gasteiger partial charge in [0.2, 0.25) is 0 Å². The zero-order valence-corrected chi connectivity index (χ0v) is 66.2. The average molecular weight is 1440 g/mol. The molecule has 3 N–H and O–H groups in total. The van der Waals surface area contributed by atoms with Gasteiger partial charge in [-0.1, -0.05) is 351 Å². The first-order chi connectivity index (χ1) is 47.2. The maximum atomic E-state index is 13.1. The van der Waals surface area contributed by atoms with Gasteiger partial charge in [-0.15, -0.1) is 0 Å². The highest BCUT2D eigenvalue weighted by Gasteiger charge is 2.30. The van der Waals surface area contributed by atoms with Gasteiger partial charge in [0.1, 0.15) is 19.3 Å². The van der Waals surface area contributed by atoms with Gasteiger partial charge in [0, 0.05) is 25.7 Å². The fourth-order valence-corrected chi connectivity index (χ4v) is 13.6. The second kappa shape index (κ2) is 68.2. The van der Waals surface area contributed by atoms with Crippen LogP contribution in [-0.4, -0.2) is 96.7 Å². The van der Waals surface area contributed by atoms with Crippen LogP contribution in [-0.2, 0) is 65.4 Å². The summed E-state index contributed by atoms with van der Waals surface area (Å²) in [5.41, 5.74) is 0. The van der Waals surface area contributed by atoms with Crippen LogP contribution in [0.25, 0.3) is 0 Å². The lowest BCUT2D eigenvalue weighted by Crippen LogP contribution is -2.30. The lowest BCUT2D eigenvalue weighted by molar-refractivity contribution is -0.161. The minimum absolute atomic E-state index is 0.101. The molecule has 582 valence electrons. The summed E-state index contributed by atoms with van der Waals surface area (Å²) < 4.78 is 68.5. The first-order valence-corrected chi connectivity index (χ1v) is 43.8. The molecule has 0 fully saturated rings. The van der Waals surface area contributed by atoms with E-state index in [0.29, 0.717) is 31.6 Å². The second-order valence-electron chi connectivity index (χ2n) is 29.9. The van der Waals surface area contributed by atoms with Crippen LogP contribution in [0.5, 0.6) is 0 Å². The molecule has 0 aliphatic rings. The monoisotopic (exact) mass is 1440 g/mol. The summed E-state index contributed by atoms with van der Waals surface area (Å²) in [6.45, 7) is 14.2. The van der Waals surface area contributed by atoms with E-state index in [9.17, 15) is 43.2 Å². The number of hydrogen-bond acceptors (Lipinski definition) is 15. The Labute approximate surface area is 600 Å². The number of unbranched alkanes of at least 4 members (excludes halogenated alkanes) is 40. The Balaban J connectivity index is 5.19. The third-order valence-corrected chi connectivity index (χ3v) is 20.9. The second-order valence-corrected chi connectivity index (χ2v) is 32.8.